The zero-order chi connectivity index (χ0) is 21.4. The topological polar surface area (TPSA) is 79.4 Å². The summed E-state index contributed by atoms with van der Waals surface area (Å²) in [5.74, 6) is 0.288. The average molecular weight is 434 g/mol. The summed E-state index contributed by atoms with van der Waals surface area (Å²) >= 11 is 0. The van der Waals surface area contributed by atoms with E-state index in [9.17, 15) is 13.2 Å². The molecule has 1 saturated carbocycles. The number of hydrogen-bond acceptors (Lipinski definition) is 4. The molecule has 0 bridgehead atoms. The molecule has 0 spiro atoms. The molecule has 3 aromatic rings. The SMILES string of the molecule is O=C(C1CC1)N1CCCc2ccc(NS(=O)(=O)c3ccc(-c4cccnc4)cc3)cc21. The summed E-state index contributed by atoms with van der Waals surface area (Å²) in [4.78, 5) is 18.8. The molecule has 31 heavy (non-hydrogen) atoms. The van der Waals surface area contributed by atoms with Gasteiger partial charge in [0.2, 0.25) is 5.91 Å². The summed E-state index contributed by atoms with van der Waals surface area (Å²) in [6.45, 7) is 0.689. The van der Waals surface area contributed by atoms with Crippen LogP contribution in [0.1, 0.15) is 24.8 Å². The third-order valence-electron chi connectivity index (χ3n) is 5.81. The fourth-order valence-corrected chi connectivity index (χ4v) is 5.04. The molecule has 7 heteroatoms. The predicted octanol–water partition coefficient (Wildman–Crippen LogP) is 4.24. The number of hydrogen-bond donors (Lipinski definition) is 1. The number of rotatable bonds is 5. The van der Waals surface area contributed by atoms with E-state index in [1.807, 2.05) is 23.1 Å². The lowest BCUT2D eigenvalue weighted by atomic mass is 10.0. The van der Waals surface area contributed by atoms with Crippen molar-refractivity contribution in [3.05, 3.63) is 72.6 Å². The van der Waals surface area contributed by atoms with Crippen molar-refractivity contribution >= 4 is 27.3 Å². The van der Waals surface area contributed by atoms with Gasteiger partial charge in [-0.25, -0.2) is 8.42 Å². The van der Waals surface area contributed by atoms with Gasteiger partial charge in [-0.1, -0.05) is 24.3 Å². The number of fused-ring (bicyclic) bond motifs is 1. The molecule has 6 nitrogen and oxygen atoms in total. The third kappa shape index (κ3) is 4.05. The van der Waals surface area contributed by atoms with Crippen LogP contribution in [0.5, 0.6) is 0 Å². The minimum absolute atomic E-state index is 0.129. The fourth-order valence-electron chi connectivity index (χ4n) is 3.99. The molecule has 1 fully saturated rings. The van der Waals surface area contributed by atoms with E-state index in [1.54, 1.807) is 48.8 Å². The van der Waals surface area contributed by atoms with Crippen LogP contribution in [0.25, 0.3) is 11.1 Å². The third-order valence-corrected chi connectivity index (χ3v) is 7.21. The largest absolute Gasteiger partial charge is 0.312 e. The zero-order valence-corrected chi connectivity index (χ0v) is 17.8. The van der Waals surface area contributed by atoms with Crippen LogP contribution in [0.15, 0.2) is 71.9 Å². The van der Waals surface area contributed by atoms with Crippen molar-refractivity contribution in [2.45, 2.75) is 30.6 Å². The van der Waals surface area contributed by atoms with E-state index < -0.39 is 10.0 Å². The molecule has 0 atom stereocenters. The normalized spacial score (nSPS) is 15.9. The number of nitrogens with zero attached hydrogens (tertiary/aromatic N) is 2. The molecule has 1 N–H and O–H groups in total. The van der Waals surface area contributed by atoms with Crippen LogP contribution in [0.4, 0.5) is 11.4 Å². The van der Waals surface area contributed by atoms with Crippen molar-refractivity contribution < 1.29 is 13.2 Å². The monoisotopic (exact) mass is 433 g/mol. The molecule has 1 aliphatic carbocycles. The molecule has 2 heterocycles. The molecule has 5 rings (SSSR count). The minimum Gasteiger partial charge on any atom is -0.312 e. The van der Waals surface area contributed by atoms with Crippen molar-refractivity contribution in [3.63, 3.8) is 0 Å². The van der Waals surface area contributed by atoms with E-state index in [0.29, 0.717) is 12.2 Å². The Labute approximate surface area is 182 Å². The van der Waals surface area contributed by atoms with Crippen molar-refractivity contribution in [3.8, 4) is 11.1 Å². The summed E-state index contributed by atoms with van der Waals surface area (Å²) in [5.41, 5.74) is 4.20. The molecule has 2 aromatic carbocycles. The highest BCUT2D eigenvalue weighted by atomic mass is 32.2. The van der Waals surface area contributed by atoms with Gasteiger partial charge in [0.15, 0.2) is 0 Å². The van der Waals surface area contributed by atoms with Crippen molar-refractivity contribution in [1.82, 2.24) is 4.98 Å². The number of pyridine rings is 1. The van der Waals surface area contributed by atoms with Gasteiger partial charge in [0, 0.05) is 30.5 Å². The average Bonchev–Trinajstić information content (AvgIpc) is 3.64. The number of aromatic nitrogens is 1. The van der Waals surface area contributed by atoms with Gasteiger partial charge in [-0.05, 0) is 72.7 Å². The highest BCUT2D eigenvalue weighted by Crippen LogP contribution is 2.37. The van der Waals surface area contributed by atoms with Gasteiger partial charge in [0.1, 0.15) is 0 Å². The Balaban J connectivity index is 1.39. The second kappa shape index (κ2) is 7.81. The van der Waals surface area contributed by atoms with Crippen molar-refractivity contribution in [1.29, 1.82) is 0 Å². The minimum atomic E-state index is -3.75. The van der Waals surface area contributed by atoms with Crippen LogP contribution >= 0.6 is 0 Å². The molecule has 1 aliphatic heterocycles. The first-order valence-corrected chi connectivity index (χ1v) is 12.0. The maximum absolute atomic E-state index is 12.9. The molecule has 1 amide bonds. The number of aryl methyl sites for hydroxylation is 1. The van der Waals surface area contributed by atoms with Gasteiger partial charge in [0.25, 0.3) is 10.0 Å². The van der Waals surface area contributed by atoms with Crippen molar-refractivity contribution in [2.75, 3.05) is 16.2 Å². The number of sulfonamides is 1. The Morgan fingerprint density at radius 1 is 1.03 bits per heavy atom. The molecular formula is C24H23N3O3S. The van der Waals surface area contributed by atoms with Gasteiger partial charge in [-0.15, -0.1) is 0 Å². The Morgan fingerprint density at radius 3 is 2.55 bits per heavy atom. The van der Waals surface area contributed by atoms with Crippen LogP contribution in [0.3, 0.4) is 0 Å². The maximum atomic E-state index is 12.9. The van der Waals surface area contributed by atoms with Gasteiger partial charge >= 0.3 is 0 Å². The standard InChI is InChI=1S/C24H23N3O3S/c28-24(19-5-6-19)27-14-2-4-18-7-10-21(15-23(18)27)26-31(29,30)22-11-8-17(9-12-22)20-3-1-13-25-16-20/h1,3,7-13,15-16,19,26H,2,4-6,14H2. The Bertz CT molecular complexity index is 1220. The van der Waals surface area contributed by atoms with Crippen LogP contribution < -0.4 is 9.62 Å². The Hall–Kier alpha value is -3.19. The van der Waals surface area contributed by atoms with Gasteiger partial charge < -0.3 is 4.90 Å². The number of benzene rings is 2. The van der Waals surface area contributed by atoms with E-state index in [4.69, 9.17) is 0 Å². The van der Waals surface area contributed by atoms with E-state index in [2.05, 4.69) is 9.71 Å². The smallest absolute Gasteiger partial charge is 0.261 e. The van der Waals surface area contributed by atoms with Gasteiger partial charge in [-0.2, -0.15) is 0 Å². The zero-order valence-electron chi connectivity index (χ0n) is 17.0. The summed E-state index contributed by atoms with van der Waals surface area (Å²) in [5, 5.41) is 0. The summed E-state index contributed by atoms with van der Waals surface area (Å²) in [7, 11) is -3.75. The lowest BCUT2D eigenvalue weighted by Crippen LogP contribution is -2.36. The molecule has 0 radical (unpaired) electrons. The lowest BCUT2D eigenvalue weighted by molar-refractivity contribution is -0.119. The van der Waals surface area contributed by atoms with Crippen molar-refractivity contribution in [2.24, 2.45) is 5.92 Å². The van der Waals surface area contributed by atoms with E-state index >= 15 is 0 Å². The van der Waals surface area contributed by atoms with Crippen LogP contribution in [-0.2, 0) is 21.2 Å². The first-order valence-electron chi connectivity index (χ1n) is 10.5. The number of anilines is 2. The first kappa shape index (κ1) is 19.8. The first-order chi connectivity index (χ1) is 15.0. The van der Waals surface area contributed by atoms with Gasteiger partial charge in [-0.3, -0.25) is 14.5 Å². The Morgan fingerprint density at radius 2 is 1.84 bits per heavy atom. The second-order valence-corrected chi connectivity index (χ2v) is 9.77. The highest BCUT2D eigenvalue weighted by Gasteiger charge is 2.35. The lowest BCUT2D eigenvalue weighted by Gasteiger charge is -2.30. The van der Waals surface area contributed by atoms with E-state index in [-0.39, 0.29) is 16.7 Å². The summed E-state index contributed by atoms with van der Waals surface area (Å²) in [6, 6.07) is 16.0. The molecule has 1 aromatic heterocycles. The maximum Gasteiger partial charge on any atom is 0.261 e. The fraction of sp³-hybridized carbons (Fsp3) is 0.250. The van der Waals surface area contributed by atoms with E-state index in [1.165, 1.54) is 0 Å². The molecular weight excluding hydrogens is 410 g/mol. The van der Waals surface area contributed by atoms with Crippen LogP contribution in [-0.4, -0.2) is 25.9 Å². The quantitative estimate of drug-likeness (QED) is 0.653. The van der Waals surface area contributed by atoms with E-state index in [0.717, 1.165) is 48.1 Å². The molecule has 158 valence electrons. The number of carbonyl (C=O) groups is 1. The molecule has 2 aliphatic rings. The van der Waals surface area contributed by atoms with Crippen LogP contribution in [0, 0.1) is 5.92 Å². The number of carbonyl (C=O) groups excluding carboxylic acids is 1. The summed E-state index contributed by atoms with van der Waals surface area (Å²) < 4.78 is 28.6. The number of nitrogens with one attached hydrogen (secondary N) is 1. The second-order valence-electron chi connectivity index (χ2n) is 8.08. The predicted molar refractivity (Wildman–Crippen MR) is 120 cm³/mol. The summed E-state index contributed by atoms with van der Waals surface area (Å²) in [6.07, 6.45) is 7.16. The van der Waals surface area contributed by atoms with Gasteiger partial charge in [0.05, 0.1) is 10.6 Å². The molecule has 0 saturated heterocycles. The Kier molecular flexibility index (Phi) is 4.98. The number of amides is 1. The van der Waals surface area contributed by atoms with Crippen LogP contribution in [0.2, 0.25) is 0 Å². The highest BCUT2D eigenvalue weighted by molar-refractivity contribution is 7.92. The molecule has 0 unspecified atom stereocenters.